The molecule has 2 N–H and O–H groups in total. The molecule has 0 amide bonds. The van der Waals surface area contributed by atoms with Gasteiger partial charge in [0.15, 0.2) is 11.5 Å². The van der Waals surface area contributed by atoms with Crippen LogP contribution in [0.1, 0.15) is 89.5 Å². The monoisotopic (exact) mass is 358 g/mol. The zero-order chi connectivity index (χ0) is 18.9. The maximum absolute atomic E-state index is 9.76. The second-order valence-electron chi connectivity index (χ2n) is 7.11. The van der Waals surface area contributed by atoms with E-state index in [0.717, 1.165) is 18.4 Å². The van der Waals surface area contributed by atoms with Crippen LogP contribution < -0.4 is 0 Å². The summed E-state index contributed by atoms with van der Waals surface area (Å²) < 4.78 is 0. The van der Waals surface area contributed by atoms with Crippen molar-refractivity contribution in [3.63, 3.8) is 0 Å². The second kappa shape index (κ2) is 15.5. The average Bonchev–Trinajstić information content (AvgIpc) is 2.64. The molecule has 2 nitrogen and oxygen atoms in total. The lowest BCUT2D eigenvalue weighted by Gasteiger charge is -2.06. The molecule has 0 fully saturated rings. The van der Waals surface area contributed by atoms with E-state index in [0.29, 0.717) is 0 Å². The molecular formula is C24H38O2. The van der Waals surface area contributed by atoms with Crippen molar-refractivity contribution in [2.45, 2.75) is 90.4 Å². The van der Waals surface area contributed by atoms with Gasteiger partial charge in [0.25, 0.3) is 0 Å². The van der Waals surface area contributed by atoms with Crippen molar-refractivity contribution in [3.8, 4) is 11.5 Å². The summed E-state index contributed by atoms with van der Waals surface area (Å²) in [5.41, 5.74) is 0.859. The van der Waals surface area contributed by atoms with Crippen LogP contribution in [0.25, 0.3) is 0 Å². The molecule has 26 heavy (non-hydrogen) atoms. The number of aryl methyl sites for hydroxylation is 1. The van der Waals surface area contributed by atoms with Crippen molar-refractivity contribution >= 4 is 0 Å². The van der Waals surface area contributed by atoms with Gasteiger partial charge in [-0.2, -0.15) is 0 Å². The van der Waals surface area contributed by atoms with E-state index < -0.39 is 0 Å². The highest BCUT2D eigenvalue weighted by Crippen LogP contribution is 2.29. The molecule has 1 rings (SSSR count). The summed E-state index contributed by atoms with van der Waals surface area (Å²) in [7, 11) is 0. The number of para-hydroxylation sites is 1. The number of allylic oxidation sites excluding steroid dienone is 4. The van der Waals surface area contributed by atoms with Gasteiger partial charge in [0.05, 0.1) is 0 Å². The van der Waals surface area contributed by atoms with Crippen LogP contribution in [0, 0.1) is 0 Å². The average molecular weight is 359 g/mol. The Balaban J connectivity index is 1.88. The van der Waals surface area contributed by atoms with E-state index in [1.807, 2.05) is 6.07 Å². The predicted octanol–water partition coefficient (Wildman–Crippen LogP) is 7.45. The third-order valence-corrected chi connectivity index (χ3v) is 4.70. The number of rotatable bonds is 15. The van der Waals surface area contributed by atoms with Crippen LogP contribution in [0.3, 0.4) is 0 Å². The molecule has 0 aromatic heterocycles. The van der Waals surface area contributed by atoms with E-state index >= 15 is 0 Å². The summed E-state index contributed by atoms with van der Waals surface area (Å²) in [6, 6.07) is 5.21. The third-order valence-electron chi connectivity index (χ3n) is 4.70. The van der Waals surface area contributed by atoms with Gasteiger partial charge in [-0.15, -0.1) is 0 Å². The minimum atomic E-state index is -0.00972. The summed E-state index contributed by atoms with van der Waals surface area (Å²) in [6.07, 6.45) is 24.9. The molecular weight excluding hydrogens is 320 g/mol. The molecule has 146 valence electrons. The molecule has 0 aliphatic carbocycles. The third kappa shape index (κ3) is 11.0. The van der Waals surface area contributed by atoms with Crippen LogP contribution in [0.5, 0.6) is 11.5 Å². The Kier molecular flexibility index (Phi) is 13.4. The summed E-state index contributed by atoms with van der Waals surface area (Å²) >= 11 is 0. The number of benzene rings is 1. The van der Waals surface area contributed by atoms with Gasteiger partial charge < -0.3 is 10.2 Å². The topological polar surface area (TPSA) is 40.5 Å². The smallest absolute Gasteiger partial charge is 0.160 e. The Labute approximate surface area is 160 Å². The van der Waals surface area contributed by atoms with Gasteiger partial charge in [-0.05, 0) is 56.6 Å². The number of phenols is 2. The van der Waals surface area contributed by atoms with Crippen molar-refractivity contribution in [2.75, 3.05) is 0 Å². The molecule has 2 heteroatoms. The van der Waals surface area contributed by atoms with Gasteiger partial charge in [0.1, 0.15) is 0 Å². The van der Waals surface area contributed by atoms with E-state index in [-0.39, 0.29) is 11.5 Å². The van der Waals surface area contributed by atoms with E-state index in [4.69, 9.17) is 0 Å². The quantitative estimate of drug-likeness (QED) is 0.194. The van der Waals surface area contributed by atoms with E-state index in [2.05, 4.69) is 31.2 Å². The van der Waals surface area contributed by atoms with Crippen LogP contribution >= 0.6 is 0 Å². The number of hydrogen-bond acceptors (Lipinski definition) is 2. The first-order chi connectivity index (χ1) is 12.8. The molecule has 1 aromatic rings. The molecule has 0 heterocycles. The lowest BCUT2D eigenvalue weighted by atomic mass is 10.0. The molecule has 1 aromatic carbocycles. The van der Waals surface area contributed by atoms with E-state index in [1.54, 1.807) is 6.07 Å². The first kappa shape index (κ1) is 22.3. The Morgan fingerprint density at radius 2 is 1.27 bits per heavy atom. The van der Waals surface area contributed by atoms with Gasteiger partial charge in [0.2, 0.25) is 0 Å². The lowest BCUT2D eigenvalue weighted by molar-refractivity contribution is 0.398. The summed E-state index contributed by atoms with van der Waals surface area (Å²) in [4.78, 5) is 0. The van der Waals surface area contributed by atoms with Crippen LogP contribution in [0.2, 0.25) is 0 Å². The van der Waals surface area contributed by atoms with Crippen molar-refractivity contribution in [3.05, 3.63) is 48.1 Å². The maximum Gasteiger partial charge on any atom is 0.160 e. The minimum absolute atomic E-state index is 0.00972. The van der Waals surface area contributed by atoms with Gasteiger partial charge in [0, 0.05) is 0 Å². The first-order valence-electron chi connectivity index (χ1n) is 10.6. The van der Waals surface area contributed by atoms with Gasteiger partial charge >= 0.3 is 0 Å². The largest absolute Gasteiger partial charge is 0.504 e. The second-order valence-corrected chi connectivity index (χ2v) is 7.11. The first-order valence-corrected chi connectivity index (χ1v) is 10.6. The molecule has 0 spiro atoms. The molecule has 0 bridgehead atoms. The highest BCUT2D eigenvalue weighted by Gasteiger charge is 2.04. The fourth-order valence-electron chi connectivity index (χ4n) is 3.07. The van der Waals surface area contributed by atoms with E-state index in [9.17, 15) is 10.2 Å². The Hall–Kier alpha value is -1.70. The normalized spacial score (nSPS) is 11.7. The molecule has 0 saturated heterocycles. The molecule has 0 radical (unpaired) electrons. The zero-order valence-electron chi connectivity index (χ0n) is 16.6. The Morgan fingerprint density at radius 3 is 1.96 bits per heavy atom. The maximum atomic E-state index is 9.76. The minimum Gasteiger partial charge on any atom is -0.504 e. The van der Waals surface area contributed by atoms with Crippen molar-refractivity contribution in [1.82, 2.24) is 0 Å². The van der Waals surface area contributed by atoms with Crippen molar-refractivity contribution < 1.29 is 10.2 Å². The predicted molar refractivity (Wildman–Crippen MR) is 113 cm³/mol. The van der Waals surface area contributed by atoms with Gasteiger partial charge in [-0.25, -0.2) is 0 Å². The fourth-order valence-corrected chi connectivity index (χ4v) is 3.07. The lowest BCUT2D eigenvalue weighted by Crippen LogP contribution is -1.87. The van der Waals surface area contributed by atoms with Crippen LogP contribution in [0.15, 0.2) is 42.5 Å². The number of hydrogen-bond donors (Lipinski definition) is 2. The number of unbranched alkanes of at least 4 members (excludes halogenated alkanes) is 9. The Morgan fingerprint density at radius 1 is 0.692 bits per heavy atom. The molecule has 0 saturated carbocycles. The standard InChI is InChI=1S/C24H38O2/c1-2-3-4-5-6-7-8-9-10-11-12-13-14-15-16-17-19-22-20-18-21-23(25)24(22)26/h4-5,8-9,18,20-21,25-26H,2-3,6-7,10-17,19H2,1H3/b5-4+,9-8-. The van der Waals surface area contributed by atoms with Crippen LogP contribution in [-0.4, -0.2) is 10.2 Å². The molecule has 0 unspecified atom stereocenters. The molecule has 0 atom stereocenters. The van der Waals surface area contributed by atoms with E-state index in [1.165, 1.54) is 76.7 Å². The Bertz CT molecular complexity index is 517. The van der Waals surface area contributed by atoms with Gasteiger partial charge in [-0.1, -0.05) is 81.9 Å². The van der Waals surface area contributed by atoms with Crippen LogP contribution in [-0.2, 0) is 6.42 Å². The molecule has 0 aliphatic heterocycles. The van der Waals surface area contributed by atoms with Gasteiger partial charge in [-0.3, -0.25) is 0 Å². The SMILES string of the molecule is CCC/C=C/CC/C=C\CCCCCCCCCc1cccc(O)c1O. The number of aromatic hydroxyl groups is 2. The fraction of sp³-hybridized carbons (Fsp3) is 0.583. The highest BCUT2D eigenvalue weighted by atomic mass is 16.3. The summed E-state index contributed by atoms with van der Waals surface area (Å²) in [5.74, 6) is 0.0436. The summed E-state index contributed by atoms with van der Waals surface area (Å²) in [6.45, 7) is 2.22. The van der Waals surface area contributed by atoms with Crippen molar-refractivity contribution in [1.29, 1.82) is 0 Å². The zero-order valence-corrected chi connectivity index (χ0v) is 16.6. The number of phenolic OH excluding ortho intramolecular Hbond substituents is 2. The van der Waals surface area contributed by atoms with Crippen LogP contribution in [0.4, 0.5) is 0 Å². The summed E-state index contributed by atoms with van der Waals surface area (Å²) in [5, 5.41) is 19.2. The highest BCUT2D eigenvalue weighted by molar-refractivity contribution is 5.44. The van der Waals surface area contributed by atoms with Crippen molar-refractivity contribution in [2.24, 2.45) is 0 Å². The molecule has 0 aliphatic rings.